The number of hydrogen-bond donors (Lipinski definition) is 0. The summed E-state index contributed by atoms with van der Waals surface area (Å²) < 4.78 is 11.5. The molecule has 0 spiro atoms. The molecule has 15 aromatic rings. The Morgan fingerprint density at radius 3 is 0.597 bits per heavy atom. The number of rotatable bonds is 11. The molecule has 0 radical (unpaired) electrons. The van der Waals surface area contributed by atoms with Gasteiger partial charge in [-0.2, -0.15) is 0 Å². The Bertz CT molecular complexity index is 6480. The van der Waals surface area contributed by atoms with Gasteiger partial charge in [0.2, 0.25) is 0 Å². The standard InChI is InChI=1S/C96H104N7.C18H15OP.Fe/c1-89(2,3)65-41-25-57(26-42-65)73-75(59-29-45-67(46-30-59)91(7,8)9)83-97-81(73)82-74(58-27-43-66(44-28-58)90(4,5)6)76(60-31-47-68(48-32-60)92(10,11)12)84(98-82)100-86-78(62-35-51-70(52-36-62)94(16,17)18)80(64-39-55-72(56-40-64)96(22,23)24)88(102-86)103-87-79(63-37-53-71(54-38-63)95(19,20)21)77(85(99-83)101-87)61-33-49-69(50-34-61)93(13,14)15;19-20(16-10-4-1-5-11-16,17-12-6-2-7-13-17)18-14-8-3-9-15-18;/h25-56H,1-24H3;1-15H;/q-3;;+2/p+1. The Hall–Kier alpha value is -11.3. The van der Waals surface area contributed by atoms with Crippen LogP contribution >= 0.6 is 7.14 Å². The number of aromatic nitrogens is 7. The van der Waals surface area contributed by atoms with E-state index in [1.165, 1.54) is 44.5 Å². The van der Waals surface area contributed by atoms with Crippen molar-refractivity contribution in [2.45, 2.75) is 209 Å². The second kappa shape index (κ2) is 33.6. The first kappa shape index (κ1) is 89.0. The van der Waals surface area contributed by atoms with Crippen LogP contribution in [0.15, 0.2) is 285 Å². The van der Waals surface area contributed by atoms with Gasteiger partial charge >= 0.3 is 24.2 Å². The Kier molecular flexibility index (Phi) is 24.1. The molecule has 0 saturated carbocycles. The fourth-order valence-electron chi connectivity index (χ4n) is 16.6. The second-order valence-corrected chi connectivity index (χ2v) is 44.5. The number of nitrogens with zero attached hydrogens (tertiary/aromatic N) is 7. The maximum atomic E-state index is 11.5. The third-order valence-corrected chi connectivity index (χ3v) is 27.4. The van der Waals surface area contributed by atoms with Crippen molar-refractivity contribution in [2.75, 3.05) is 0 Å². The van der Waals surface area contributed by atoms with Gasteiger partial charge in [-0.1, -0.05) is 415 Å². The van der Waals surface area contributed by atoms with Crippen LogP contribution in [0.3, 0.4) is 0 Å². The Labute approximate surface area is 747 Å². The Balaban J connectivity index is 0.000000519. The zero-order valence-electron chi connectivity index (χ0n) is 77.0. The van der Waals surface area contributed by atoms with Gasteiger partial charge in [-0.3, -0.25) is 0 Å². The van der Waals surface area contributed by atoms with E-state index >= 15 is 0 Å². The van der Waals surface area contributed by atoms with Gasteiger partial charge in [0.15, 0.2) is 0 Å². The normalized spacial score (nSPS) is 12.9. The minimum Gasteiger partial charge on any atom is -0.435 e. The fourth-order valence-corrected chi connectivity index (χ4v) is 19.3. The van der Waals surface area contributed by atoms with Crippen molar-refractivity contribution in [3.8, 4) is 66.8 Å². The van der Waals surface area contributed by atoms with E-state index in [-0.39, 0.29) is 60.4 Å². The Morgan fingerprint density at radius 2 is 0.379 bits per heavy atom. The van der Waals surface area contributed by atoms with Crippen LogP contribution in [0.25, 0.3) is 112 Å². The van der Waals surface area contributed by atoms with Crippen molar-refractivity contribution < 1.29 is 21.6 Å². The molecule has 0 saturated heterocycles. The molecule has 0 aliphatic carbocycles. The molecule has 11 aromatic carbocycles. The van der Waals surface area contributed by atoms with Gasteiger partial charge in [-0.25, -0.2) is 4.98 Å². The van der Waals surface area contributed by atoms with Crippen molar-refractivity contribution >= 4 is 67.8 Å². The molecule has 1 aliphatic heterocycles. The van der Waals surface area contributed by atoms with Crippen LogP contribution in [-0.4, -0.2) is 24.5 Å². The quantitative estimate of drug-likeness (QED) is 0.0719. The summed E-state index contributed by atoms with van der Waals surface area (Å²) in [7, 11) is -2.53. The summed E-state index contributed by atoms with van der Waals surface area (Å²) in [4.78, 5) is 41.9. The van der Waals surface area contributed by atoms with Crippen LogP contribution in [0, 0.1) is 0 Å². The number of fused-ring (bicyclic) bond motifs is 9. The van der Waals surface area contributed by atoms with Gasteiger partial charge in [-0.05, 0) is 225 Å². The molecule has 5 heterocycles. The molecule has 8 bridgehead atoms. The Morgan fingerprint density at radius 1 is 0.202 bits per heavy atom. The van der Waals surface area contributed by atoms with Gasteiger partial charge in [-0.15, -0.1) is 0 Å². The molecule has 630 valence electrons. The van der Waals surface area contributed by atoms with E-state index in [1.807, 2.05) is 91.0 Å². The average molecular weight is 1690 g/mol. The van der Waals surface area contributed by atoms with E-state index in [9.17, 15) is 4.57 Å². The van der Waals surface area contributed by atoms with Crippen LogP contribution in [0.2, 0.25) is 0 Å². The first-order valence-electron chi connectivity index (χ1n) is 43.6. The van der Waals surface area contributed by atoms with Crippen molar-refractivity contribution in [1.82, 2.24) is 34.9 Å². The summed E-state index contributed by atoms with van der Waals surface area (Å²) >= 11 is 0. The van der Waals surface area contributed by atoms with Crippen LogP contribution in [0.5, 0.6) is 0 Å². The molecule has 124 heavy (non-hydrogen) atoms. The average Bonchev–Trinajstić information content (AvgIpc) is 1.56. The van der Waals surface area contributed by atoms with E-state index in [4.69, 9.17) is 34.9 Å². The monoisotopic (exact) mass is 1690 g/mol. The minimum atomic E-state index is -2.53. The molecule has 0 unspecified atom stereocenters. The van der Waals surface area contributed by atoms with Gasteiger partial charge < -0.3 is 34.5 Å². The van der Waals surface area contributed by atoms with Crippen LogP contribution < -0.4 is 30.9 Å². The van der Waals surface area contributed by atoms with Crippen LogP contribution in [-0.2, 0) is 60.4 Å². The largest absolute Gasteiger partial charge is 2.00 e. The molecular weight excluding hydrogens is 1570 g/mol. The molecule has 10 heteroatoms. The van der Waals surface area contributed by atoms with Gasteiger partial charge in [0.25, 0.3) is 0 Å². The second-order valence-electron chi connectivity index (χ2n) is 41.7. The smallest absolute Gasteiger partial charge is 0.435 e. The first-order chi connectivity index (χ1) is 57.9. The summed E-state index contributed by atoms with van der Waals surface area (Å²) in [5, 5.41) is 2.95. The summed E-state index contributed by atoms with van der Waals surface area (Å²) in [6, 6.07) is 102. The van der Waals surface area contributed by atoms with E-state index in [0.717, 1.165) is 105 Å². The maximum Gasteiger partial charge on any atom is 2.00 e. The zero-order valence-corrected chi connectivity index (χ0v) is 79.0. The molecule has 1 N–H and O–H groups in total. The third-order valence-electron chi connectivity index (χ3n) is 24.2. The van der Waals surface area contributed by atoms with E-state index in [0.29, 0.717) is 45.3 Å². The molecule has 4 aromatic heterocycles. The van der Waals surface area contributed by atoms with Gasteiger partial charge in [0.05, 0.1) is 27.6 Å². The first-order valence-corrected chi connectivity index (χ1v) is 45.3. The fraction of sp³-hybridized carbons (Fsp3) is 0.281. The van der Waals surface area contributed by atoms with E-state index < -0.39 is 7.14 Å². The summed E-state index contributed by atoms with van der Waals surface area (Å²) in [5.41, 5.74) is 26.8. The molecule has 16 rings (SSSR count). The maximum absolute atomic E-state index is 11.5. The molecule has 0 fully saturated rings. The van der Waals surface area contributed by atoms with Crippen LogP contribution in [0.1, 0.15) is 233 Å². The zero-order chi connectivity index (χ0) is 87.9. The van der Waals surface area contributed by atoms with Crippen molar-refractivity contribution in [1.29, 1.82) is 0 Å². The van der Waals surface area contributed by atoms with Gasteiger partial charge in [0.1, 0.15) is 0 Å². The van der Waals surface area contributed by atoms with Crippen LogP contribution in [0.4, 0.5) is 0 Å². The third kappa shape index (κ3) is 18.2. The summed E-state index contributed by atoms with van der Waals surface area (Å²) in [6.45, 7) is 54.4. The van der Waals surface area contributed by atoms with Crippen molar-refractivity contribution in [3.63, 3.8) is 0 Å². The minimum absolute atomic E-state index is 0. The van der Waals surface area contributed by atoms with Gasteiger partial charge in [0, 0.05) is 22.4 Å². The number of benzene rings is 11. The SMILES string of the molecule is CC(C)(C)c1ccc(C2=C(c3ccc(C(C)(C)C)cc3)c3nc2nc2[n-]c(nc4[n-]c(c(-c5ccc(C(C)(C)C)cc5)c4-c4ccc(C(C)(C)C)cc4)c4[n-]c(n3)c(-c3ccc(C(C)(C)C)cc3)c4-c3ccc(C(C)(C)C)cc3)c(-c3ccc(C(C)(C)C)cc3)c2-c2ccc(C(C)(C)C)cc2)cc1.[Fe+2].[OH+]=P(c1ccccc1)(c1ccccc1)c1ccccc1. The predicted octanol–water partition coefficient (Wildman–Crippen LogP) is 28.3. The molecule has 1 aliphatic rings. The van der Waals surface area contributed by atoms with E-state index in [1.54, 1.807) is 0 Å². The molecule has 0 amide bonds. The molecular formula is C114H120FeN7OP. The van der Waals surface area contributed by atoms with E-state index in [2.05, 4.69) is 360 Å². The summed E-state index contributed by atoms with van der Waals surface area (Å²) in [6.07, 6.45) is 0. The van der Waals surface area contributed by atoms with Crippen molar-refractivity contribution in [3.05, 3.63) is 352 Å². The predicted molar refractivity (Wildman–Crippen MR) is 524 cm³/mol. The topological polar surface area (TPSA) is 115 Å². The molecule has 0 atom stereocenters. The molecule has 8 nitrogen and oxygen atoms in total. The van der Waals surface area contributed by atoms with Crippen molar-refractivity contribution in [2.24, 2.45) is 0 Å². The number of hydrogen-bond acceptors (Lipinski definition) is 4. The summed E-state index contributed by atoms with van der Waals surface area (Å²) in [5.74, 6) is 0.963.